The molecule has 1 fully saturated rings. The van der Waals surface area contributed by atoms with Crippen LogP contribution in [0.15, 0.2) is 65.7 Å². The van der Waals surface area contributed by atoms with Crippen molar-refractivity contribution in [3.8, 4) is 11.3 Å². The molecule has 0 bridgehead atoms. The number of cyclic esters (lactones) is 1. The summed E-state index contributed by atoms with van der Waals surface area (Å²) >= 11 is 0. The molecule has 40 heavy (non-hydrogen) atoms. The molecule has 0 aliphatic carbocycles. The molecule has 214 valence electrons. The minimum Gasteiger partial charge on any atom is -0.438 e. The number of carbonyl (C=O) groups is 1. The maximum absolute atomic E-state index is 13.8. The van der Waals surface area contributed by atoms with Gasteiger partial charge in [0, 0.05) is 31.2 Å². The van der Waals surface area contributed by atoms with E-state index in [-0.39, 0.29) is 22.5 Å². The molecule has 7 nitrogen and oxygen atoms in total. The number of hydrogen-bond donors (Lipinski definition) is 1. The van der Waals surface area contributed by atoms with Crippen molar-refractivity contribution in [1.29, 1.82) is 0 Å². The van der Waals surface area contributed by atoms with Gasteiger partial charge in [-0.1, -0.05) is 57.2 Å². The van der Waals surface area contributed by atoms with Crippen LogP contribution in [-0.4, -0.2) is 42.4 Å². The molecular weight excluding hydrogens is 525 g/mol. The van der Waals surface area contributed by atoms with Crippen molar-refractivity contribution in [2.24, 2.45) is 0 Å². The third-order valence-electron chi connectivity index (χ3n) is 8.47. The van der Waals surface area contributed by atoms with Crippen LogP contribution in [0, 0.1) is 5.82 Å². The summed E-state index contributed by atoms with van der Waals surface area (Å²) in [5.74, 6) is -0.323. The van der Waals surface area contributed by atoms with E-state index in [0.29, 0.717) is 31.7 Å². The van der Waals surface area contributed by atoms with Crippen LogP contribution in [0.3, 0.4) is 0 Å². The molecule has 2 aromatic carbocycles. The van der Waals surface area contributed by atoms with E-state index in [1.54, 1.807) is 17.0 Å². The standard InChI is InChI=1S/C31H40FN3O4Si/c1-22(23-8-10-24(11-9-23)27-20-28(36)34-21-33-27)35-18-17-31(39-29(35)37,25-12-14-26(32)15-13-25)16-7-19-38-40(5,6)30(2,3)4/h8-15,20-22H,7,16-19H2,1-6H3,(H,33,34,36)/t22-,31+/m0/s1. The van der Waals surface area contributed by atoms with Crippen molar-refractivity contribution in [2.45, 2.75) is 76.7 Å². The van der Waals surface area contributed by atoms with E-state index in [0.717, 1.165) is 23.1 Å². The Labute approximate surface area is 236 Å². The lowest BCUT2D eigenvalue weighted by Crippen LogP contribution is -2.49. The Morgan fingerprint density at radius 3 is 2.40 bits per heavy atom. The summed E-state index contributed by atoms with van der Waals surface area (Å²) in [4.78, 5) is 33.6. The Kier molecular flexibility index (Phi) is 8.65. The molecule has 2 heterocycles. The number of hydrogen-bond acceptors (Lipinski definition) is 5. The first-order valence-corrected chi connectivity index (χ1v) is 16.8. The maximum atomic E-state index is 13.8. The number of rotatable bonds is 9. The molecule has 0 unspecified atom stereocenters. The number of benzene rings is 2. The second-order valence-corrected chi connectivity index (χ2v) is 16.9. The van der Waals surface area contributed by atoms with Crippen LogP contribution >= 0.6 is 0 Å². The van der Waals surface area contributed by atoms with Gasteiger partial charge in [0.05, 0.1) is 18.1 Å². The van der Waals surface area contributed by atoms with E-state index in [1.807, 2.05) is 31.2 Å². The summed E-state index contributed by atoms with van der Waals surface area (Å²) in [5.41, 5.74) is 2.10. The van der Waals surface area contributed by atoms with Gasteiger partial charge >= 0.3 is 6.09 Å². The topological polar surface area (TPSA) is 84.5 Å². The van der Waals surface area contributed by atoms with Crippen LogP contribution in [0.4, 0.5) is 9.18 Å². The van der Waals surface area contributed by atoms with Gasteiger partial charge in [-0.15, -0.1) is 0 Å². The molecule has 9 heteroatoms. The SMILES string of the molecule is C[C@@H](c1ccc(-c2cc(=O)[nH]cn2)cc1)N1CC[C@](CCCO[Si](C)(C)C(C)(C)C)(c2ccc(F)cc2)OC1=O. The Bertz CT molecular complexity index is 1370. The van der Waals surface area contributed by atoms with E-state index >= 15 is 0 Å². The lowest BCUT2D eigenvalue weighted by Gasteiger charge is -2.44. The van der Waals surface area contributed by atoms with Gasteiger partial charge in [-0.05, 0) is 61.2 Å². The second kappa shape index (κ2) is 11.7. The Morgan fingerprint density at radius 1 is 1.12 bits per heavy atom. The predicted octanol–water partition coefficient (Wildman–Crippen LogP) is 7.18. The number of nitrogens with one attached hydrogen (secondary N) is 1. The first kappa shape index (κ1) is 29.7. The second-order valence-electron chi connectivity index (χ2n) is 12.1. The summed E-state index contributed by atoms with van der Waals surface area (Å²) in [6, 6.07) is 15.2. The number of aromatic nitrogens is 2. The van der Waals surface area contributed by atoms with Crippen LogP contribution in [0.1, 0.15) is 64.1 Å². The van der Waals surface area contributed by atoms with Gasteiger partial charge in [-0.2, -0.15) is 0 Å². The average molecular weight is 566 g/mol. The molecule has 4 rings (SSSR count). The highest BCUT2D eigenvalue weighted by Crippen LogP contribution is 2.41. The highest BCUT2D eigenvalue weighted by molar-refractivity contribution is 6.74. The molecule has 0 saturated carbocycles. The fraction of sp³-hybridized carbons (Fsp3) is 0.452. The first-order valence-electron chi connectivity index (χ1n) is 13.9. The van der Waals surface area contributed by atoms with Gasteiger partial charge in [0.2, 0.25) is 0 Å². The van der Waals surface area contributed by atoms with Crippen LogP contribution in [-0.2, 0) is 14.8 Å². The summed E-state index contributed by atoms with van der Waals surface area (Å²) in [5, 5.41) is 0.114. The monoisotopic (exact) mass is 565 g/mol. The van der Waals surface area contributed by atoms with Gasteiger partial charge in [0.1, 0.15) is 11.4 Å². The number of halogens is 1. The van der Waals surface area contributed by atoms with Crippen molar-refractivity contribution in [3.05, 3.63) is 88.2 Å². The zero-order valence-corrected chi connectivity index (χ0v) is 25.3. The molecule has 1 saturated heterocycles. The summed E-state index contributed by atoms with van der Waals surface area (Å²) < 4.78 is 26.4. The lowest BCUT2D eigenvalue weighted by atomic mass is 9.84. The Balaban J connectivity index is 1.48. The van der Waals surface area contributed by atoms with Crippen molar-refractivity contribution < 1.29 is 18.3 Å². The van der Waals surface area contributed by atoms with Crippen LogP contribution in [0.5, 0.6) is 0 Å². The molecule has 0 spiro atoms. The number of amides is 1. The zero-order chi connectivity index (χ0) is 29.1. The maximum Gasteiger partial charge on any atom is 0.411 e. The fourth-order valence-electron chi connectivity index (χ4n) is 4.84. The molecule has 1 aliphatic rings. The van der Waals surface area contributed by atoms with Crippen molar-refractivity contribution >= 4 is 14.4 Å². The van der Waals surface area contributed by atoms with Crippen molar-refractivity contribution in [3.63, 3.8) is 0 Å². The molecule has 0 radical (unpaired) electrons. The highest BCUT2D eigenvalue weighted by atomic mass is 28.4. The van der Waals surface area contributed by atoms with Crippen molar-refractivity contribution in [2.75, 3.05) is 13.2 Å². The summed E-state index contributed by atoms with van der Waals surface area (Å²) in [7, 11) is -1.89. The minimum atomic E-state index is -1.89. The molecule has 3 aromatic rings. The zero-order valence-electron chi connectivity index (χ0n) is 24.3. The van der Waals surface area contributed by atoms with E-state index < -0.39 is 20.0 Å². The third-order valence-corrected chi connectivity index (χ3v) is 13.0. The van der Waals surface area contributed by atoms with Gasteiger partial charge in [0.25, 0.3) is 5.56 Å². The number of H-pyrrole nitrogens is 1. The van der Waals surface area contributed by atoms with Crippen LogP contribution in [0.2, 0.25) is 18.1 Å². The normalized spacial score (nSPS) is 18.9. The summed E-state index contributed by atoms with van der Waals surface area (Å²) in [6.45, 7) is 14.2. The quantitative estimate of drug-likeness (QED) is 0.220. The van der Waals surface area contributed by atoms with Gasteiger partial charge in [-0.25, -0.2) is 14.2 Å². The van der Waals surface area contributed by atoms with Gasteiger partial charge in [-0.3, -0.25) is 4.79 Å². The first-order chi connectivity index (χ1) is 18.8. The van der Waals surface area contributed by atoms with Crippen LogP contribution < -0.4 is 5.56 Å². The predicted molar refractivity (Wildman–Crippen MR) is 157 cm³/mol. The molecule has 1 amide bonds. The van der Waals surface area contributed by atoms with Gasteiger partial charge < -0.3 is 19.0 Å². The molecule has 1 N–H and O–H groups in total. The van der Waals surface area contributed by atoms with Gasteiger partial charge in [0.15, 0.2) is 8.32 Å². The largest absolute Gasteiger partial charge is 0.438 e. The van der Waals surface area contributed by atoms with Crippen LogP contribution in [0.25, 0.3) is 11.3 Å². The lowest BCUT2D eigenvalue weighted by molar-refractivity contribution is -0.0678. The van der Waals surface area contributed by atoms with Crippen molar-refractivity contribution in [1.82, 2.24) is 14.9 Å². The van der Waals surface area contributed by atoms with E-state index in [4.69, 9.17) is 9.16 Å². The number of aromatic amines is 1. The molecular formula is C31H40FN3O4Si. The number of ether oxygens (including phenoxy) is 1. The third kappa shape index (κ3) is 6.53. The Hall–Kier alpha value is -3.30. The smallest absolute Gasteiger partial charge is 0.411 e. The van der Waals surface area contributed by atoms with E-state index in [9.17, 15) is 14.0 Å². The minimum absolute atomic E-state index is 0.114. The number of carbonyl (C=O) groups excluding carboxylic acids is 1. The highest BCUT2D eigenvalue weighted by Gasteiger charge is 2.44. The average Bonchev–Trinajstić information content (AvgIpc) is 2.91. The Morgan fingerprint density at radius 2 is 1.80 bits per heavy atom. The van der Waals surface area contributed by atoms with E-state index in [1.165, 1.54) is 24.5 Å². The molecule has 1 aliphatic heterocycles. The summed E-state index contributed by atoms with van der Waals surface area (Å²) in [6.07, 6.45) is 2.90. The number of nitrogens with zero attached hydrogens (tertiary/aromatic N) is 2. The molecule has 1 aromatic heterocycles. The molecule has 2 atom stereocenters. The van der Waals surface area contributed by atoms with E-state index in [2.05, 4.69) is 43.8 Å². The fourth-order valence-corrected chi connectivity index (χ4v) is 5.93.